The van der Waals surface area contributed by atoms with Crippen LogP contribution in [0.15, 0.2) is 58.7 Å². The van der Waals surface area contributed by atoms with Crippen molar-refractivity contribution in [1.29, 1.82) is 0 Å². The summed E-state index contributed by atoms with van der Waals surface area (Å²) in [5, 5.41) is 0. The van der Waals surface area contributed by atoms with Crippen molar-refractivity contribution in [3.63, 3.8) is 0 Å². The van der Waals surface area contributed by atoms with Gasteiger partial charge in [0.1, 0.15) is 0 Å². The van der Waals surface area contributed by atoms with E-state index in [2.05, 4.69) is 78.0 Å². The molecule has 0 bridgehead atoms. The fraction of sp³-hybridized carbons (Fsp3) is 0.600. The molecule has 0 fully saturated rings. The van der Waals surface area contributed by atoms with E-state index in [4.69, 9.17) is 0 Å². The van der Waals surface area contributed by atoms with Gasteiger partial charge in [0.15, 0.2) is 0 Å². The Bertz CT molecular complexity index is 476. The highest BCUT2D eigenvalue weighted by atomic mass is 14.0. The van der Waals surface area contributed by atoms with Gasteiger partial charge in [-0.3, -0.25) is 0 Å². The Hall–Kier alpha value is -1.30. The maximum Gasteiger partial charge on any atom is -0.0348 e. The summed E-state index contributed by atoms with van der Waals surface area (Å²) in [4.78, 5) is 0. The molecule has 0 aromatic heterocycles. The van der Waals surface area contributed by atoms with Crippen LogP contribution in [0.3, 0.4) is 0 Å². The molecular weight excluding hydrogens is 300 g/mol. The minimum atomic E-state index is 1.21. The van der Waals surface area contributed by atoms with Crippen molar-refractivity contribution < 1.29 is 0 Å². The van der Waals surface area contributed by atoms with E-state index < -0.39 is 0 Å². The molecule has 0 unspecified atom stereocenters. The SMILES string of the molecule is CCCCCCCCCCC=CC=CC=CC(C)=C(C)C(C)=C(C)C. The Labute approximate surface area is 158 Å². The van der Waals surface area contributed by atoms with Gasteiger partial charge in [-0.1, -0.05) is 93.9 Å². The Morgan fingerprint density at radius 2 is 1.16 bits per heavy atom. The van der Waals surface area contributed by atoms with Crippen LogP contribution < -0.4 is 0 Å². The van der Waals surface area contributed by atoms with Gasteiger partial charge in [-0.25, -0.2) is 0 Å². The maximum atomic E-state index is 2.29. The van der Waals surface area contributed by atoms with Gasteiger partial charge in [-0.2, -0.15) is 0 Å². The molecule has 0 N–H and O–H groups in total. The summed E-state index contributed by atoms with van der Waals surface area (Å²) in [6.45, 7) is 13.2. The van der Waals surface area contributed by atoms with Crippen LogP contribution in [0.4, 0.5) is 0 Å². The molecule has 0 saturated heterocycles. The van der Waals surface area contributed by atoms with Crippen LogP contribution in [-0.4, -0.2) is 0 Å². The van der Waals surface area contributed by atoms with Crippen molar-refractivity contribution in [3.8, 4) is 0 Å². The lowest BCUT2D eigenvalue weighted by molar-refractivity contribution is 0.577. The first-order valence-corrected chi connectivity index (χ1v) is 10.3. The second-order valence-corrected chi connectivity index (χ2v) is 7.37. The number of unbranched alkanes of at least 4 members (excludes halogenated alkanes) is 8. The summed E-state index contributed by atoms with van der Waals surface area (Å²) >= 11 is 0. The van der Waals surface area contributed by atoms with E-state index in [-0.39, 0.29) is 0 Å². The average molecular weight is 343 g/mol. The van der Waals surface area contributed by atoms with Gasteiger partial charge in [-0.15, -0.1) is 0 Å². The maximum absolute atomic E-state index is 2.29. The van der Waals surface area contributed by atoms with Crippen LogP contribution in [0.5, 0.6) is 0 Å². The van der Waals surface area contributed by atoms with Crippen LogP contribution in [0.2, 0.25) is 0 Å². The lowest BCUT2D eigenvalue weighted by Crippen LogP contribution is -1.86. The molecule has 0 aromatic rings. The minimum absolute atomic E-state index is 1.21. The molecule has 0 aromatic carbocycles. The number of hydrogen-bond acceptors (Lipinski definition) is 0. The molecule has 0 saturated carbocycles. The number of allylic oxidation sites excluding steroid dienone is 10. The molecule has 0 heterocycles. The predicted octanol–water partition coefficient (Wildman–Crippen LogP) is 8.88. The van der Waals surface area contributed by atoms with E-state index >= 15 is 0 Å². The Morgan fingerprint density at radius 3 is 1.76 bits per heavy atom. The second-order valence-electron chi connectivity index (χ2n) is 7.37. The third-order valence-corrected chi connectivity index (χ3v) is 4.94. The standard InChI is InChI=1S/C25H42/c1-7-8-9-10-11-12-13-14-15-16-17-18-19-20-21-23(4)25(6)24(5)22(2)3/h16-21H,7-15H2,1-6H3. The average Bonchev–Trinajstić information content (AvgIpc) is 2.60. The van der Waals surface area contributed by atoms with E-state index in [1.54, 1.807) is 0 Å². The van der Waals surface area contributed by atoms with E-state index in [0.717, 1.165) is 0 Å². The van der Waals surface area contributed by atoms with Crippen molar-refractivity contribution in [2.24, 2.45) is 0 Å². The highest BCUT2D eigenvalue weighted by molar-refractivity contribution is 5.39. The van der Waals surface area contributed by atoms with Gasteiger partial charge in [0.05, 0.1) is 0 Å². The highest BCUT2D eigenvalue weighted by Crippen LogP contribution is 2.18. The lowest BCUT2D eigenvalue weighted by atomic mass is 10.00. The third kappa shape index (κ3) is 13.6. The lowest BCUT2D eigenvalue weighted by Gasteiger charge is -2.06. The molecule has 0 nitrogen and oxygen atoms in total. The molecule has 0 heteroatoms. The predicted molar refractivity (Wildman–Crippen MR) is 117 cm³/mol. The molecular formula is C25H42. The molecule has 0 aliphatic rings. The van der Waals surface area contributed by atoms with E-state index in [0.29, 0.717) is 0 Å². The third-order valence-electron chi connectivity index (χ3n) is 4.94. The zero-order valence-electron chi connectivity index (χ0n) is 17.8. The number of hydrogen-bond donors (Lipinski definition) is 0. The molecule has 0 radical (unpaired) electrons. The van der Waals surface area contributed by atoms with Gasteiger partial charge in [0, 0.05) is 0 Å². The minimum Gasteiger partial charge on any atom is -0.0845 e. The van der Waals surface area contributed by atoms with Crippen molar-refractivity contribution in [1.82, 2.24) is 0 Å². The van der Waals surface area contributed by atoms with E-state index in [9.17, 15) is 0 Å². The Morgan fingerprint density at radius 1 is 0.600 bits per heavy atom. The molecule has 0 amide bonds. The smallest absolute Gasteiger partial charge is 0.0348 e. The summed E-state index contributed by atoms with van der Waals surface area (Å²) < 4.78 is 0. The molecule has 25 heavy (non-hydrogen) atoms. The summed E-state index contributed by atoms with van der Waals surface area (Å²) in [5.74, 6) is 0. The number of rotatable bonds is 13. The van der Waals surface area contributed by atoms with Crippen molar-refractivity contribution in [3.05, 3.63) is 58.7 Å². The molecule has 0 atom stereocenters. The summed E-state index contributed by atoms with van der Waals surface area (Å²) in [6.07, 6.45) is 25.4. The van der Waals surface area contributed by atoms with Crippen molar-refractivity contribution in [2.75, 3.05) is 0 Å². The fourth-order valence-corrected chi connectivity index (χ4v) is 2.69. The zero-order chi connectivity index (χ0) is 18.9. The van der Waals surface area contributed by atoms with Crippen LogP contribution in [0, 0.1) is 0 Å². The van der Waals surface area contributed by atoms with Gasteiger partial charge in [-0.05, 0) is 64.2 Å². The summed E-state index contributed by atoms with van der Waals surface area (Å²) in [7, 11) is 0. The molecule has 0 aliphatic carbocycles. The molecule has 142 valence electrons. The Kier molecular flexibility index (Phi) is 15.3. The normalized spacial score (nSPS) is 13.2. The van der Waals surface area contributed by atoms with Crippen LogP contribution >= 0.6 is 0 Å². The van der Waals surface area contributed by atoms with E-state index in [1.807, 2.05) is 0 Å². The van der Waals surface area contributed by atoms with Crippen molar-refractivity contribution >= 4 is 0 Å². The monoisotopic (exact) mass is 342 g/mol. The van der Waals surface area contributed by atoms with Gasteiger partial charge >= 0.3 is 0 Å². The quantitative estimate of drug-likeness (QED) is 0.231. The van der Waals surface area contributed by atoms with Gasteiger partial charge in [0.25, 0.3) is 0 Å². The first kappa shape index (κ1) is 23.7. The first-order valence-electron chi connectivity index (χ1n) is 10.3. The summed E-state index contributed by atoms with van der Waals surface area (Å²) in [5.41, 5.74) is 5.52. The van der Waals surface area contributed by atoms with Crippen molar-refractivity contribution in [2.45, 2.75) is 99.3 Å². The zero-order valence-corrected chi connectivity index (χ0v) is 17.8. The largest absolute Gasteiger partial charge is 0.0845 e. The van der Waals surface area contributed by atoms with Crippen LogP contribution in [0.1, 0.15) is 99.3 Å². The fourth-order valence-electron chi connectivity index (χ4n) is 2.69. The van der Waals surface area contributed by atoms with Gasteiger partial charge < -0.3 is 0 Å². The molecule has 0 spiro atoms. The van der Waals surface area contributed by atoms with Gasteiger partial charge in [0.2, 0.25) is 0 Å². The molecule has 0 rings (SSSR count). The molecule has 0 aliphatic heterocycles. The van der Waals surface area contributed by atoms with E-state index in [1.165, 1.54) is 80.1 Å². The topological polar surface area (TPSA) is 0 Å². The second kappa shape index (κ2) is 16.2. The van der Waals surface area contributed by atoms with Crippen LogP contribution in [-0.2, 0) is 0 Å². The first-order chi connectivity index (χ1) is 12.0. The highest BCUT2D eigenvalue weighted by Gasteiger charge is 1.97. The summed E-state index contributed by atoms with van der Waals surface area (Å²) in [6, 6.07) is 0. The Balaban J connectivity index is 3.89. The van der Waals surface area contributed by atoms with Crippen LogP contribution in [0.25, 0.3) is 0 Å².